The summed E-state index contributed by atoms with van der Waals surface area (Å²) >= 11 is 0. The highest BCUT2D eigenvalue weighted by Crippen LogP contribution is 2.22. The number of hydrogen-bond donors (Lipinski definition) is 3. The number of aromatic hydroxyl groups is 1. The number of carbonyl (C=O) groups excluding carboxylic acids is 2. The first-order chi connectivity index (χ1) is 11.9. The van der Waals surface area contributed by atoms with Crippen LogP contribution in [0.4, 0.5) is 5.69 Å². The van der Waals surface area contributed by atoms with Gasteiger partial charge in [-0.25, -0.2) is 4.79 Å². The van der Waals surface area contributed by atoms with Crippen LogP contribution in [0.5, 0.6) is 5.75 Å². The van der Waals surface area contributed by atoms with Crippen molar-refractivity contribution in [3.63, 3.8) is 0 Å². The van der Waals surface area contributed by atoms with Gasteiger partial charge in [-0.2, -0.15) is 0 Å². The zero-order chi connectivity index (χ0) is 18.8. The van der Waals surface area contributed by atoms with E-state index < -0.39 is 5.97 Å². The molecule has 0 atom stereocenters. The molecular formula is C18H29N3O4. The van der Waals surface area contributed by atoms with Gasteiger partial charge in [-0.1, -0.05) is 27.7 Å². The molecule has 1 amide bonds. The number of hydrogen-bond acceptors (Lipinski definition) is 6. The Bertz CT molecular complexity index is 571. The van der Waals surface area contributed by atoms with Crippen LogP contribution in [0.25, 0.3) is 0 Å². The van der Waals surface area contributed by atoms with Crippen molar-refractivity contribution < 1.29 is 19.4 Å². The summed E-state index contributed by atoms with van der Waals surface area (Å²) in [5, 5.41) is 15.7. The summed E-state index contributed by atoms with van der Waals surface area (Å²) in [4.78, 5) is 25.9. The van der Waals surface area contributed by atoms with Crippen LogP contribution in [0.15, 0.2) is 18.2 Å². The molecule has 1 rings (SSSR count). The highest BCUT2D eigenvalue weighted by atomic mass is 16.5. The van der Waals surface area contributed by atoms with Gasteiger partial charge in [-0.15, -0.1) is 0 Å². The number of phenols is 1. The summed E-state index contributed by atoms with van der Waals surface area (Å²) in [5.41, 5.74) is 0.505. The molecule has 0 aliphatic heterocycles. The second kappa shape index (κ2) is 10.7. The van der Waals surface area contributed by atoms with Crippen LogP contribution >= 0.6 is 0 Å². The van der Waals surface area contributed by atoms with Crippen LogP contribution in [-0.4, -0.2) is 60.7 Å². The molecule has 1 aromatic carbocycles. The number of rotatable bonds is 10. The first-order valence-electron chi connectivity index (χ1n) is 8.63. The van der Waals surface area contributed by atoms with E-state index in [1.54, 1.807) is 6.07 Å². The number of amides is 1. The second-order valence-corrected chi connectivity index (χ2v) is 5.98. The molecule has 0 saturated carbocycles. The van der Waals surface area contributed by atoms with Crippen molar-refractivity contribution in [2.24, 2.45) is 0 Å². The van der Waals surface area contributed by atoms with Crippen LogP contribution in [0.2, 0.25) is 0 Å². The molecule has 0 spiro atoms. The molecule has 0 bridgehead atoms. The predicted octanol–water partition coefficient (Wildman–Crippen LogP) is 1.83. The normalized spacial score (nSPS) is 11.0. The maximum absolute atomic E-state index is 12.0. The zero-order valence-electron chi connectivity index (χ0n) is 15.5. The summed E-state index contributed by atoms with van der Waals surface area (Å²) in [7, 11) is 0. The van der Waals surface area contributed by atoms with Crippen molar-refractivity contribution in [2.45, 2.75) is 33.7 Å². The molecule has 3 N–H and O–H groups in total. The third-order valence-electron chi connectivity index (χ3n) is 3.71. The number of benzene rings is 1. The van der Waals surface area contributed by atoms with E-state index in [1.807, 2.05) is 27.7 Å². The number of phenolic OH excluding ortho intramolecular Hbond substituents is 1. The van der Waals surface area contributed by atoms with Gasteiger partial charge < -0.3 is 25.4 Å². The minimum absolute atomic E-state index is 0.0813. The Balaban J connectivity index is 2.56. The summed E-state index contributed by atoms with van der Waals surface area (Å²) in [6, 6.07) is 4.55. The minimum Gasteiger partial charge on any atom is -0.507 e. The van der Waals surface area contributed by atoms with E-state index >= 15 is 0 Å². The third-order valence-corrected chi connectivity index (χ3v) is 3.71. The summed E-state index contributed by atoms with van der Waals surface area (Å²) in [5.74, 6) is -1.02. The maximum atomic E-state index is 12.0. The number of carbonyl (C=O) groups is 2. The van der Waals surface area contributed by atoms with Gasteiger partial charge in [0.05, 0.1) is 6.54 Å². The molecule has 0 radical (unpaired) electrons. The van der Waals surface area contributed by atoms with E-state index in [0.29, 0.717) is 12.2 Å². The zero-order valence-corrected chi connectivity index (χ0v) is 15.5. The van der Waals surface area contributed by atoms with Crippen LogP contribution in [0, 0.1) is 0 Å². The summed E-state index contributed by atoms with van der Waals surface area (Å²) in [6.45, 7) is 10.8. The molecule has 0 aliphatic rings. The first kappa shape index (κ1) is 20.9. The molecule has 0 aromatic heterocycles. The summed E-state index contributed by atoms with van der Waals surface area (Å²) < 4.78 is 5.19. The molecule has 25 heavy (non-hydrogen) atoms. The lowest BCUT2D eigenvalue weighted by atomic mass is 10.2. The Kier molecular flexibility index (Phi) is 8.94. The number of nitrogens with zero attached hydrogens (tertiary/aromatic N) is 1. The average molecular weight is 351 g/mol. The lowest BCUT2D eigenvalue weighted by molar-refractivity contribution is -0.115. The first-order valence-corrected chi connectivity index (χ1v) is 8.63. The molecule has 0 saturated heterocycles. The fraction of sp³-hybridized carbons (Fsp3) is 0.556. The van der Waals surface area contributed by atoms with Gasteiger partial charge >= 0.3 is 5.97 Å². The van der Waals surface area contributed by atoms with E-state index in [-0.39, 0.29) is 36.4 Å². The van der Waals surface area contributed by atoms with Crippen LogP contribution < -0.4 is 10.6 Å². The molecule has 0 fully saturated rings. The van der Waals surface area contributed by atoms with E-state index in [9.17, 15) is 14.7 Å². The SMILES string of the molecule is CCN(CC)CCOC(=O)c1ccc(NC(=O)CNC(C)C)cc1O. The fourth-order valence-corrected chi connectivity index (χ4v) is 2.17. The molecule has 7 heteroatoms. The molecule has 7 nitrogen and oxygen atoms in total. The standard InChI is InChI=1S/C18H29N3O4/c1-5-21(6-2)9-10-25-18(24)15-8-7-14(11-16(15)22)20-17(23)12-19-13(3)4/h7-8,11,13,19,22H,5-6,9-10,12H2,1-4H3,(H,20,23). The van der Waals surface area contributed by atoms with Gasteiger partial charge in [0, 0.05) is 24.3 Å². The number of likely N-dealkylation sites (N-methyl/N-ethyl adjacent to an activating group) is 1. The molecule has 0 unspecified atom stereocenters. The van der Waals surface area contributed by atoms with Crippen molar-refractivity contribution in [2.75, 3.05) is 38.1 Å². The highest BCUT2D eigenvalue weighted by molar-refractivity contribution is 5.95. The Morgan fingerprint density at radius 2 is 1.92 bits per heavy atom. The second-order valence-electron chi connectivity index (χ2n) is 5.98. The molecule has 1 aromatic rings. The van der Waals surface area contributed by atoms with Gasteiger partial charge in [0.15, 0.2) is 0 Å². The van der Waals surface area contributed by atoms with Crippen LogP contribution in [-0.2, 0) is 9.53 Å². The Labute approximate surface area is 149 Å². The quantitative estimate of drug-likeness (QED) is 0.557. The van der Waals surface area contributed by atoms with Crippen molar-refractivity contribution in [3.8, 4) is 5.75 Å². The number of esters is 1. The smallest absolute Gasteiger partial charge is 0.341 e. The predicted molar refractivity (Wildman–Crippen MR) is 97.9 cm³/mol. The van der Waals surface area contributed by atoms with E-state index in [0.717, 1.165) is 13.1 Å². The monoisotopic (exact) mass is 351 g/mol. The molecule has 140 valence electrons. The Hall–Kier alpha value is -2.12. The molecule has 0 aliphatic carbocycles. The third kappa shape index (κ3) is 7.53. The van der Waals surface area contributed by atoms with Crippen LogP contribution in [0.3, 0.4) is 0 Å². The lowest BCUT2D eigenvalue weighted by Crippen LogP contribution is -2.32. The number of nitrogens with one attached hydrogen (secondary N) is 2. The lowest BCUT2D eigenvalue weighted by Gasteiger charge is -2.17. The van der Waals surface area contributed by atoms with Gasteiger partial charge in [0.1, 0.15) is 17.9 Å². The average Bonchev–Trinajstić information content (AvgIpc) is 2.57. The Morgan fingerprint density at radius 3 is 2.48 bits per heavy atom. The highest BCUT2D eigenvalue weighted by Gasteiger charge is 2.14. The molecule has 0 heterocycles. The topological polar surface area (TPSA) is 90.9 Å². The molecular weight excluding hydrogens is 322 g/mol. The van der Waals surface area contributed by atoms with Crippen molar-refractivity contribution >= 4 is 17.6 Å². The minimum atomic E-state index is -0.580. The van der Waals surface area contributed by atoms with Gasteiger partial charge in [-0.05, 0) is 25.2 Å². The van der Waals surface area contributed by atoms with Crippen molar-refractivity contribution in [1.29, 1.82) is 0 Å². The van der Waals surface area contributed by atoms with E-state index in [1.165, 1.54) is 12.1 Å². The summed E-state index contributed by atoms with van der Waals surface area (Å²) in [6.07, 6.45) is 0. The van der Waals surface area contributed by atoms with Gasteiger partial charge in [0.25, 0.3) is 0 Å². The van der Waals surface area contributed by atoms with Crippen molar-refractivity contribution in [3.05, 3.63) is 23.8 Å². The van der Waals surface area contributed by atoms with Gasteiger partial charge in [0.2, 0.25) is 5.91 Å². The fourth-order valence-electron chi connectivity index (χ4n) is 2.17. The number of ether oxygens (including phenoxy) is 1. The number of anilines is 1. The van der Waals surface area contributed by atoms with Crippen molar-refractivity contribution in [1.82, 2.24) is 10.2 Å². The van der Waals surface area contributed by atoms with Crippen LogP contribution in [0.1, 0.15) is 38.1 Å². The van der Waals surface area contributed by atoms with E-state index in [4.69, 9.17) is 4.74 Å². The maximum Gasteiger partial charge on any atom is 0.341 e. The Morgan fingerprint density at radius 1 is 1.24 bits per heavy atom. The van der Waals surface area contributed by atoms with E-state index in [2.05, 4.69) is 15.5 Å². The largest absolute Gasteiger partial charge is 0.507 e. The van der Waals surface area contributed by atoms with Gasteiger partial charge in [-0.3, -0.25) is 4.79 Å².